The van der Waals surface area contributed by atoms with Crippen molar-refractivity contribution in [2.75, 3.05) is 13.7 Å². The average Bonchev–Trinajstić information content (AvgIpc) is 2.16. The number of nitrogens with one attached hydrogen (secondary N) is 1. The lowest BCUT2D eigenvalue weighted by atomic mass is 9.96. The first-order valence-electron chi connectivity index (χ1n) is 6.24. The fourth-order valence-corrected chi connectivity index (χ4v) is 1.99. The highest BCUT2D eigenvalue weighted by molar-refractivity contribution is 4.80. The van der Waals surface area contributed by atoms with Crippen molar-refractivity contribution in [3.05, 3.63) is 0 Å². The van der Waals surface area contributed by atoms with Crippen molar-refractivity contribution in [2.45, 2.75) is 65.1 Å². The number of methoxy groups -OCH3 is 1. The summed E-state index contributed by atoms with van der Waals surface area (Å²) < 4.78 is 5.42. The van der Waals surface area contributed by atoms with Crippen molar-refractivity contribution in [3.63, 3.8) is 0 Å². The standard InChI is InChI=1S/C13H29NO2/c1-10(2)12(7-8-15)14-11(3)9-13(4,5)16-6/h10-12,14-15H,7-9H2,1-6H3. The smallest absolute Gasteiger partial charge is 0.0637 e. The predicted molar refractivity (Wildman–Crippen MR) is 68.6 cm³/mol. The zero-order valence-electron chi connectivity index (χ0n) is 11.7. The second-order valence-corrected chi connectivity index (χ2v) is 5.60. The van der Waals surface area contributed by atoms with Gasteiger partial charge in [0.25, 0.3) is 0 Å². The zero-order valence-corrected chi connectivity index (χ0v) is 11.7. The average molecular weight is 231 g/mol. The van der Waals surface area contributed by atoms with Gasteiger partial charge in [0.2, 0.25) is 0 Å². The molecule has 2 N–H and O–H groups in total. The van der Waals surface area contributed by atoms with Crippen LogP contribution in [0.15, 0.2) is 0 Å². The molecule has 0 aromatic carbocycles. The molecular formula is C13H29NO2. The fourth-order valence-electron chi connectivity index (χ4n) is 1.99. The molecule has 0 fully saturated rings. The van der Waals surface area contributed by atoms with E-state index in [0.717, 1.165) is 12.8 Å². The Morgan fingerprint density at radius 3 is 2.19 bits per heavy atom. The SMILES string of the molecule is COC(C)(C)CC(C)NC(CCO)C(C)C. The summed E-state index contributed by atoms with van der Waals surface area (Å²) in [6.07, 6.45) is 1.79. The largest absolute Gasteiger partial charge is 0.396 e. The number of ether oxygens (including phenoxy) is 1. The first kappa shape index (κ1) is 15.9. The Morgan fingerprint density at radius 2 is 1.81 bits per heavy atom. The normalized spacial score (nSPS) is 16.5. The van der Waals surface area contributed by atoms with Crippen molar-refractivity contribution in [3.8, 4) is 0 Å². The van der Waals surface area contributed by atoms with E-state index in [1.807, 2.05) is 0 Å². The van der Waals surface area contributed by atoms with Crippen LogP contribution in [0.1, 0.15) is 47.5 Å². The molecule has 0 saturated heterocycles. The molecule has 16 heavy (non-hydrogen) atoms. The quantitative estimate of drug-likeness (QED) is 0.673. The summed E-state index contributed by atoms with van der Waals surface area (Å²) >= 11 is 0. The molecule has 0 aliphatic heterocycles. The van der Waals surface area contributed by atoms with E-state index in [1.54, 1.807) is 7.11 Å². The van der Waals surface area contributed by atoms with Crippen LogP contribution in [-0.2, 0) is 4.74 Å². The summed E-state index contributed by atoms with van der Waals surface area (Å²) in [5.41, 5.74) is -0.0901. The number of rotatable bonds is 8. The maximum atomic E-state index is 9.01. The second kappa shape index (κ2) is 7.25. The molecule has 2 atom stereocenters. The summed E-state index contributed by atoms with van der Waals surface area (Å²) in [7, 11) is 1.75. The van der Waals surface area contributed by atoms with Crippen molar-refractivity contribution in [1.29, 1.82) is 0 Å². The summed E-state index contributed by atoms with van der Waals surface area (Å²) in [5.74, 6) is 0.542. The van der Waals surface area contributed by atoms with E-state index in [2.05, 4.69) is 39.9 Å². The second-order valence-electron chi connectivity index (χ2n) is 5.60. The number of hydrogen-bond donors (Lipinski definition) is 2. The van der Waals surface area contributed by atoms with Gasteiger partial charge in [0.1, 0.15) is 0 Å². The molecule has 0 spiro atoms. The molecule has 0 heterocycles. The fraction of sp³-hybridized carbons (Fsp3) is 1.00. The summed E-state index contributed by atoms with van der Waals surface area (Å²) in [6, 6.07) is 0.779. The third-order valence-electron chi connectivity index (χ3n) is 3.09. The minimum absolute atomic E-state index is 0.0901. The first-order valence-corrected chi connectivity index (χ1v) is 6.24. The predicted octanol–water partition coefficient (Wildman–Crippen LogP) is 2.19. The Labute approximate surface area is 101 Å². The molecule has 0 radical (unpaired) electrons. The minimum Gasteiger partial charge on any atom is -0.396 e. The number of aliphatic hydroxyl groups excluding tert-OH is 1. The van der Waals surface area contributed by atoms with Gasteiger partial charge in [-0.2, -0.15) is 0 Å². The molecule has 0 aromatic heterocycles. The molecule has 0 amide bonds. The lowest BCUT2D eigenvalue weighted by Gasteiger charge is -2.31. The van der Waals surface area contributed by atoms with E-state index in [9.17, 15) is 0 Å². The highest BCUT2D eigenvalue weighted by Crippen LogP contribution is 2.17. The van der Waals surface area contributed by atoms with Crippen molar-refractivity contribution >= 4 is 0 Å². The third kappa shape index (κ3) is 6.46. The van der Waals surface area contributed by atoms with E-state index >= 15 is 0 Å². The van der Waals surface area contributed by atoms with Crippen molar-refractivity contribution < 1.29 is 9.84 Å². The monoisotopic (exact) mass is 231 g/mol. The van der Waals surface area contributed by atoms with Gasteiger partial charge in [-0.05, 0) is 39.5 Å². The Balaban J connectivity index is 4.14. The molecule has 0 aromatic rings. The van der Waals surface area contributed by atoms with Crippen LogP contribution >= 0.6 is 0 Å². The minimum atomic E-state index is -0.0901. The maximum Gasteiger partial charge on any atom is 0.0637 e. The van der Waals surface area contributed by atoms with E-state index in [1.165, 1.54) is 0 Å². The van der Waals surface area contributed by atoms with Gasteiger partial charge in [0.15, 0.2) is 0 Å². The molecule has 0 bridgehead atoms. The topological polar surface area (TPSA) is 41.5 Å². The van der Waals surface area contributed by atoms with Crippen molar-refractivity contribution in [1.82, 2.24) is 5.32 Å². The Morgan fingerprint density at radius 1 is 1.25 bits per heavy atom. The lowest BCUT2D eigenvalue weighted by molar-refractivity contribution is 0.00689. The molecular weight excluding hydrogens is 202 g/mol. The lowest BCUT2D eigenvalue weighted by Crippen LogP contribution is -2.44. The van der Waals surface area contributed by atoms with Crippen LogP contribution in [-0.4, -0.2) is 36.5 Å². The van der Waals surface area contributed by atoms with Gasteiger partial charge in [0.05, 0.1) is 5.60 Å². The van der Waals surface area contributed by atoms with Gasteiger partial charge < -0.3 is 15.2 Å². The van der Waals surface area contributed by atoms with E-state index < -0.39 is 0 Å². The van der Waals surface area contributed by atoms with Crippen molar-refractivity contribution in [2.24, 2.45) is 5.92 Å². The van der Waals surface area contributed by atoms with Crippen LogP contribution in [0.25, 0.3) is 0 Å². The molecule has 0 aliphatic rings. The molecule has 2 unspecified atom stereocenters. The van der Waals surface area contributed by atoms with Gasteiger partial charge in [-0.1, -0.05) is 13.8 Å². The van der Waals surface area contributed by atoms with Crippen LogP contribution in [0.2, 0.25) is 0 Å². The molecule has 0 saturated carbocycles. The molecule has 3 heteroatoms. The van der Waals surface area contributed by atoms with E-state index in [-0.39, 0.29) is 12.2 Å². The van der Waals surface area contributed by atoms with Crippen LogP contribution in [0.3, 0.4) is 0 Å². The number of aliphatic hydroxyl groups is 1. The summed E-state index contributed by atoms with van der Waals surface area (Å²) in [4.78, 5) is 0. The molecule has 0 aliphatic carbocycles. The Bertz CT molecular complexity index is 181. The summed E-state index contributed by atoms with van der Waals surface area (Å²) in [5, 5.41) is 12.6. The maximum absolute atomic E-state index is 9.01. The summed E-state index contributed by atoms with van der Waals surface area (Å²) in [6.45, 7) is 11.0. The Hall–Kier alpha value is -0.120. The molecule has 98 valence electrons. The highest BCUT2D eigenvalue weighted by atomic mass is 16.5. The van der Waals surface area contributed by atoms with E-state index in [4.69, 9.17) is 9.84 Å². The zero-order chi connectivity index (χ0) is 12.8. The van der Waals surface area contributed by atoms with Crippen LogP contribution in [0.4, 0.5) is 0 Å². The van der Waals surface area contributed by atoms with Gasteiger partial charge in [-0.3, -0.25) is 0 Å². The van der Waals surface area contributed by atoms with Gasteiger partial charge in [-0.25, -0.2) is 0 Å². The first-order chi connectivity index (χ1) is 7.32. The van der Waals surface area contributed by atoms with Gasteiger partial charge >= 0.3 is 0 Å². The molecule has 3 nitrogen and oxygen atoms in total. The van der Waals surface area contributed by atoms with E-state index in [0.29, 0.717) is 18.0 Å². The Kier molecular flexibility index (Phi) is 7.20. The van der Waals surface area contributed by atoms with Crippen LogP contribution < -0.4 is 5.32 Å². The van der Waals surface area contributed by atoms with Crippen LogP contribution in [0, 0.1) is 5.92 Å². The molecule has 0 rings (SSSR count). The van der Waals surface area contributed by atoms with Gasteiger partial charge in [0, 0.05) is 25.8 Å². The third-order valence-corrected chi connectivity index (χ3v) is 3.09. The highest BCUT2D eigenvalue weighted by Gasteiger charge is 2.22. The number of hydrogen-bond acceptors (Lipinski definition) is 3. The van der Waals surface area contributed by atoms with Gasteiger partial charge in [-0.15, -0.1) is 0 Å². The van der Waals surface area contributed by atoms with Crippen LogP contribution in [0.5, 0.6) is 0 Å².